The van der Waals surface area contributed by atoms with Crippen LogP contribution in [-0.4, -0.2) is 43.5 Å². The summed E-state index contributed by atoms with van der Waals surface area (Å²) in [5.74, 6) is 0.668. The Hall–Kier alpha value is -2.22. The number of nitrogens with zero attached hydrogens (tertiary/aromatic N) is 4. The normalized spacial score (nSPS) is 20.7. The molecule has 0 radical (unpaired) electrons. The van der Waals surface area contributed by atoms with E-state index in [2.05, 4.69) is 25.6 Å². The molecule has 22 heavy (non-hydrogen) atoms. The van der Waals surface area contributed by atoms with Gasteiger partial charge in [0, 0.05) is 32.0 Å². The Morgan fingerprint density at radius 3 is 3.09 bits per heavy atom. The van der Waals surface area contributed by atoms with Crippen LogP contribution >= 0.6 is 0 Å². The van der Waals surface area contributed by atoms with Crippen molar-refractivity contribution < 1.29 is 9.53 Å². The fourth-order valence-electron chi connectivity index (χ4n) is 2.78. The molecule has 0 spiro atoms. The molecule has 0 aliphatic carbocycles. The molecule has 8 heteroatoms. The van der Waals surface area contributed by atoms with Crippen molar-refractivity contribution in [2.75, 3.05) is 6.54 Å². The van der Waals surface area contributed by atoms with Crippen molar-refractivity contribution in [1.82, 2.24) is 30.3 Å². The van der Waals surface area contributed by atoms with Gasteiger partial charge in [-0.1, -0.05) is 0 Å². The fraction of sp³-hybridized carbons (Fsp3) is 0.571. The lowest BCUT2D eigenvalue weighted by Gasteiger charge is -2.25. The number of aryl methyl sites for hydroxylation is 1. The molecule has 2 atom stereocenters. The molecule has 0 saturated heterocycles. The van der Waals surface area contributed by atoms with Crippen molar-refractivity contribution in [2.24, 2.45) is 7.05 Å². The van der Waals surface area contributed by atoms with E-state index in [4.69, 9.17) is 4.74 Å². The van der Waals surface area contributed by atoms with Gasteiger partial charge in [0.25, 0.3) is 5.91 Å². The van der Waals surface area contributed by atoms with E-state index < -0.39 is 0 Å². The lowest BCUT2D eigenvalue weighted by Crippen LogP contribution is -2.29. The van der Waals surface area contributed by atoms with E-state index in [0.29, 0.717) is 25.1 Å². The maximum Gasteiger partial charge on any atom is 0.272 e. The van der Waals surface area contributed by atoms with Crippen LogP contribution in [0.25, 0.3) is 0 Å². The summed E-state index contributed by atoms with van der Waals surface area (Å²) in [6, 6.07) is 0. The highest BCUT2D eigenvalue weighted by atomic mass is 16.5. The number of aromatic nitrogens is 5. The van der Waals surface area contributed by atoms with Gasteiger partial charge in [-0.3, -0.25) is 14.6 Å². The number of hydrogen-bond donors (Lipinski definition) is 2. The number of aromatic amines is 1. The Labute approximate surface area is 128 Å². The van der Waals surface area contributed by atoms with Crippen molar-refractivity contribution in [3.8, 4) is 0 Å². The minimum absolute atomic E-state index is 0.0635. The average Bonchev–Trinajstić information content (AvgIpc) is 3.05. The Morgan fingerprint density at radius 1 is 1.55 bits per heavy atom. The standard InChI is InChI=1S/C14H20N6O2/c1-8-6-10-12(9(2)22-8)18-19-13(10)14(21)15-5-4-11-16-7-17-20(11)3/h7-9H,4-6H2,1-3H3,(H,15,21)(H,18,19)/t8-,9+/m1/s1. The molecular formula is C14H20N6O2. The number of nitrogens with one attached hydrogen (secondary N) is 2. The lowest BCUT2D eigenvalue weighted by atomic mass is 9.99. The summed E-state index contributed by atoms with van der Waals surface area (Å²) in [7, 11) is 1.83. The molecule has 0 saturated carbocycles. The average molecular weight is 304 g/mol. The van der Waals surface area contributed by atoms with E-state index in [1.807, 2.05) is 20.9 Å². The second-order valence-electron chi connectivity index (χ2n) is 5.56. The Kier molecular flexibility index (Phi) is 3.93. The van der Waals surface area contributed by atoms with Crippen LogP contribution in [0.4, 0.5) is 0 Å². The first-order valence-corrected chi connectivity index (χ1v) is 7.40. The number of carbonyl (C=O) groups is 1. The topological polar surface area (TPSA) is 97.7 Å². The summed E-state index contributed by atoms with van der Waals surface area (Å²) in [5.41, 5.74) is 2.33. The van der Waals surface area contributed by atoms with Gasteiger partial charge in [0.1, 0.15) is 12.2 Å². The van der Waals surface area contributed by atoms with Crippen LogP contribution in [0, 0.1) is 0 Å². The third kappa shape index (κ3) is 2.74. The lowest BCUT2D eigenvalue weighted by molar-refractivity contribution is -0.00697. The van der Waals surface area contributed by atoms with Crippen LogP contribution in [-0.2, 0) is 24.6 Å². The SMILES string of the molecule is C[C@@H]1Cc2c(C(=O)NCCc3ncnn3C)n[nH]c2[C@H](C)O1. The first kappa shape index (κ1) is 14.7. The summed E-state index contributed by atoms with van der Waals surface area (Å²) in [4.78, 5) is 16.5. The van der Waals surface area contributed by atoms with Crippen molar-refractivity contribution in [3.63, 3.8) is 0 Å². The summed E-state index contributed by atoms with van der Waals surface area (Å²) >= 11 is 0. The molecule has 3 rings (SSSR count). The fourth-order valence-corrected chi connectivity index (χ4v) is 2.78. The van der Waals surface area contributed by atoms with Crippen LogP contribution in [0.2, 0.25) is 0 Å². The minimum atomic E-state index is -0.166. The second-order valence-corrected chi connectivity index (χ2v) is 5.56. The molecule has 2 N–H and O–H groups in total. The third-order valence-electron chi connectivity index (χ3n) is 3.89. The molecule has 0 bridgehead atoms. The zero-order valence-electron chi connectivity index (χ0n) is 13.0. The van der Waals surface area contributed by atoms with Crippen molar-refractivity contribution >= 4 is 5.91 Å². The van der Waals surface area contributed by atoms with Crippen LogP contribution in [0.3, 0.4) is 0 Å². The minimum Gasteiger partial charge on any atom is -0.369 e. The molecule has 8 nitrogen and oxygen atoms in total. The molecule has 1 aliphatic heterocycles. The van der Waals surface area contributed by atoms with Gasteiger partial charge in [0.05, 0.1) is 17.9 Å². The zero-order valence-corrected chi connectivity index (χ0v) is 13.0. The third-order valence-corrected chi connectivity index (χ3v) is 3.89. The number of H-pyrrole nitrogens is 1. The van der Waals surface area contributed by atoms with Crippen molar-refractivity contribution in [1.29, 1.82) is 0 Å². The van der Waals surface area contributed by atoms with Gasteiger partial charge >= 0.3 is 0 Å². The van der Waals surface area contributed by atoms with Crippen molar-refractivity contribution in [2.45, 2.75) is 38.9 Å². The van der Waals surface area contributed by atoms with Crippen molar-refractivity contribution in [3.05, 3.63) is 29.1 Å². The Morgan fingerprint density at radius 2 is 2.36 bits per heavy atom. The highest BCUT2D eigenvalue weighted by molar-refractivity contribution is 5.94. The summed E-state index contributed by atoms with van der Waals surface area (Å²) in [6.45, 7) is 4.46. The van der Waals surface area contributed by atoms with Crippen LogP contribution < -0.4 is 5.32 Å². The Bertz CT molecular complexity index is 677. The first-order valence-electron chi connectivity index (χ1n) is 7.40. The smallest absolute Gasteiger partial charge is 0.272 e. The van der Waals surface area contributed by atoms with Crippen LogP contribution in [0.15, 0.2) is 6.33 Å². The van der Waals surface area contributed by atoms with Gasteiger partial charge in [-0.05, 0) is 13.8 Å². The number of amides is 1. The van der Waals surface area contributed by atoms with Gasteiger partial charge < -0.3 is 10.1 Å². The molecule has 0 aromatic carbocycles. The summed E-state index contributed by atoms with van der Waals surface area (Å²) in [5, 5.41) is 14.0. The quantitative estimate of drug-likeness (QED) is 0.859. The predicted octanol–water partition coefficient (Wildman–Crippen LogP) is 0.533. The molecular weight excluding hydrogens is 284 g/mol. The van der Waals surface area contributed by atoms with Gasteiger partial charge in [-0.15, -0.1) is 0 Å². The van der Waals surface area contributed by atoms with Gasteiger partial charge in [0.2, 0.25) is 0 Å². The van der Waals surface area contributed by atoms with Crippen LogP contribution in [0.5, 0.6) is 0 Å². The number of hydrogen-bond acceptors (Lipinski definition) is 5. The molecule has 2 aromatic heterocycles. The molecule has 1 amide bonds. The van der Waals surface area contributed by atoms with E-state index in [9.17, 15) is 4.79 Å². The van der Waals surface area contributed by atoms with Gasteiger partial charge in [-0.25, -0.2) is 4.98 Å². The summed E-state index contributed by atoms with van der Waals surface area (Å²) in [6.07, 6.45) is 2.86. The molecule has 2 aromatic rings. The predicted molar refractivity (Wildman–Crippen MR) is 78.3 cm³/mol. The van der Waals surface area contributed by atoms with Gasteiger partial charge in [0.15, 0.2) is 5.69 Å². The van der Waals surface area contributed by atoms with E-state index in [0.717, 1.165) is 17.1 Å². The maximum atomic E-state index is 12.3. The van der Waals surface area contributed by atoms with E-state index >= 15 is 0 Å². The molecule has 3 heterocycles. The molecule has 1 aliphatic rings. The highest BCUT2D eigenvalue weighted by Gasteiger charge is 2.29. The molecule has 0 fully saturated rings. The van der Waals surface area contributed by atoms with Gasteiger partial charge in [-0.2, -0.15) is 10.2 Å². The Balaban J connectivity index is 1.65. The monoisotopic (exact) mass is 304 g/mol. The zero-order chi connectivity index (χ0) is 15.7. The maximum absolute atomic E-state index is 12.3. The van der Waals surface area contributed by atoms with E-state index in [-0.39, 0.29) is 18.1 Å². The summed E-state index contributed by atoms with van der Waals surface area (Å²) < 4.78 is 7.43. The van der Waals surface area contributed by atoms with E-state index in [1.165, 1.54) is 6.33 Å². The second kappa shape index (κ2) is 5.88. The number of ether oxygens (including phenoxy) is 1. The number of fused-ring (bicyclic) bond motifs is 1. The van der Waals surface area contributed by atoms with Crippen LogP contribution in [0.1, 0.15) is 47.5 Å². The highest BCUT2D eigenvalue weighted by Crippen LogP contribution is 2.29. The molecule has 118 valence electrons. The van der Waals surface area contributed by atoms with E-state index in [1.54, 1.807) is 4.68 Å². The number of carbonyl (C=O) groups excluding carboxylic acids is 1. The molecule has 0 unspecified atom stereocenters. The largest absolute Gasteiger partial charge is 0.369 e. The first-order chi connectivity index (χ1) is 10.6. The number of rotatable bonds is 4.